The molecule has 2 aromatic heterocycles. The van der Waals surface area contributed by atoms with Crippen molar-refractivity contribution in [1.29, 1.82) is 0 Å². The largest absolute Gasteiger partial charge is 0.332 e. The predicted octanol–water partition coefficient (Wildman–Crippen LogP) is 2.71. The molecule has 0 aliphatic heterocycles. The monoisotopic (exact) mass is 363 g/mol. The highest BCUT2D eigenvalue weighted by Crippen LogP contribution is 2.10. The zero-order chi connectivity index (χ0) is 18.9. The SMILES string of the molecule is Cn1cnc2c1c(=O)n(CCCCCCCCCCCN=O)c(=O)n2C. The van der Waals surface area contributed by atoms with Gasteiger partial charge in [-0.2, -0.15) is 4.91 Å². The predicted molar refractivity (Wildman–Crippen MR) is 102 cm³/mol. The van der Waals surface area contributed by atoms with Crippen molar-refractivity contribution in [2.45, 2.75) is 64.3 Å². The molecule has 0 atom stereocenters. The van der Waals surface area contributed by atoms with Crippen LogP contribution in [-0.2, 0) is 20.6 Å². The van der Waals surface area contributed by atoms with Crippen LogP contribution < -0.4 is 11.2 Å². The summed E-state index contributed by atoms with van der Waals surface area (Å²) in [5.41, 5.74) is 0.346. The van der Waals surface area contributed by atoms with E-state index in [1.165, 1.54) is 28.4 Å². The van der Waals surface area contributed by atoms with Crippen molar-refractivity contribution in [3.63, 3.8) is 0 Å². The second-order valence-electron chi connectivity index (χ2n) is 6.86. The van der Waals surface area contributed by atoms with Gasteiger partial charge >= 0.3 is 5.69 Å². The van der Waals surface area contributed by atoms with Gasteiger partial charge in [0.15, 0.2) is 11.2 Å². The van der Waals surface area contributed by atoms with E-state index >= 15 is 0 Å². The lowest BCUT2D eigenvalue weighted by molar-refractivity contribution is 0.516. The standard InChI is InChI=1S/C18H29N5O3/c1-21-14-19-16-15(21)17(24)23(18(25)22(16)2)13-11-9-7-5-3-4-6-8-10-12-20-26/h14H,3-13H2,1-2H3. The molecule has 0 saturated heterocycles. The second kappa shape index (κ2) is 10.0. The smallest absolute Gasteiger partial charge is 0.328 e. The van der Waals surface area contributed by atoms with Crippen LogP contribution in [0.2, 0.25) is 0 Å². The molecule has 0 spiro atoms. The Labute approximate surface area is 152 Å². The molecule has 0 radical (unpaired) electrons. The first-order valence-electron chi connectivity index (χ1n) is 9.48. The Morgan fingerprint density at radius 1 is 0.923 bits per heavy atom. The molecule has 2 rings (SSSR count). The Balaban J connectivity index is 1.75. The van der Waals surface area contributed by atoms with Crippen LogP contribution in [0.25, 0.3) is 11.2 Å². The minimum Gasteiger partial charge on any atom is -0.328 e. The van der Waals surface area contributed by atoms with Gasteiger partial charge in [-0.15, -0.1) is 0 Å². The fourth-order valence-corrected chi connectivity index (χ4v) is 3.28. The van der Waals surface area contributed by atoms with Crippen molar-refractivity contribution in [2.75, 3.05) is 6.54 Å². The molecule has 8 nitrogen and oxygen atoms in total. The minimum atomic E-state index is -0.300. The summed E-state index contributed by atoms with van der Waals surface area (Å²) in [5, 5.41) is 2.86. The molecule has 0 unspecified atom stereocenters. The lowest BCUT2D eigenvalue weighted by Crippen LogP contribution is -2.39. The summed E-state index contributed by atoms with van der Waals surface area (Å²) in [6, 6.07) is 0. The van der Waals surface area contributed by atoms with E-state index in [4.69, 9.17) is 0 Å². The third-order valence-electron chi connectivity index (χ3n) is 4.83. The lowest BCUT2D eigenvalue weighted by Gasteiger charge is -2.08. The third kappa shape index (κ3) is 4.89. The van der Waals surface area contributed by atoms with Crippen LogP contribution >= 0.6 is 0 Å². The van der Waals surface area contributed by atoms with E-state index in [1.54, 1.807) is 25.0 Å². The molecule has 26 heavy (non-hydrogen) atoms. The van der Waals surface area contributed by atoms with E-state index in [0.29, 0.717) is 24.3 Å². The first kappa shape index (κ1) is 20.1. The number of imidazole rings is 1. The Morgan fingerprint density at radius 3 is 2.12 bits per heavy atom. The summed E-state index contributed by atoms with van der Waals surface area (Å²) in [6.07, 6.45) is 11.2. The number of hydrogen-bond acceptors (Lipinski definition) is 5. The maximum atomic E-state index is 12.6. The highest BCUT2D eigenvalue weighted by Gasteiger charge is 2.14. The van der Waals surface area contributed by atoms with Crippen LogP contribution in [0, 0.1) is 4.91 Å². The second-order valence-corrected chi connectivity index (χ2v) is 6.86. The number of unbranched alkanes of at least 4 members (excludes halogenated alkanes) is 8. The van der Waals surface area contributed by atoms with E-state index in [2.05, 4.69) is 10.2 Å². The lowest BCUT2D eigenvalue weighted by atomic mass is 10.1. The van der Waals surface area contributed by atoms with Gasteiger partial charge in [-0.05, 0) is 12.8 Å². The molecule has 2 heterocycles. The molecule has 0 bridgehead atoms. The number of nitroso groups, excluding NO2 is 1. The van der Waals surface area contributed by atoms with Gasteiger partial charge in [0.05, 0.1) is 12.9 Å². The van der Waals surface area contributed by atoms with E-state index in [1.807, 2.05) is 0 Å². The van der Waals surface area contributed by atoms with Crippen LogP contribution in [-0.4, -0.2) is 25.2 Å². The number of aromatic nitrogens is 4. The molecule has 0 aliphatic carbocycles. The summed E-state index contributed by atoms with van der Waals surface area (Å²) in [4.78, 5) is 39.0. The van der Waals surface area contributed by atoms with Crippen LogP contribution in [0.3, 0.4) is 0 Å². The topological polar surface area (TPSA) is 91.2 Å². The Morgan fingerprint density at radius 2 is 1.50 bits per heavy atom. The first-order valence-corrected chi connectivity index (χ1v) is 9.48. The van der Waals surface area contributed by atoms with Crippen LogP contribution in [0.15, 0.2) is 21.1 Å². The maximum absolute atomic E-state index is 12.6. The number of hydrogen-bond donors (Lipinski definition) is 0. The van der Waals surface area contributed by atoms with Gasteiger partial charge in [-0.1, -0.05) is 50.1 Å². The molecule has 2 aromatic rings. The summed E-state index contributed by atoms with van der Waals surface area (Å²) in [7, 11) is 3.42. The number of nitrogens with zero attached hydrogens (tertiary/aromatic N) is 5. The van der Waals surface area contributed by atoms with Crippen molar-refractivity contribution in [3.05, 3.63) is 32.1 Å². The maximum Gasteiger partial charge on any atom is 0.332 e. The van der Waals surface area contributed by atoms with E-state index in [9.17, 15) is 14.5 Å². The molecule has 0 amide bonds. The normalized spacial score (nSPS) is 11.3. The van der Waals surface area contributed by atoms with Crippen molar-refractivity contribution >= 4 is 11.2 Å². The fraction of sp³-hybridized carbons (Fsp3) is 0.722. The Bertz CT molecular complexity index is 834. The van der Waals surface area contributed by atoms with Gasteiger partial charge in [-0.3, -0.25) is 13.9 Å². The van der Waals surface area contributed by atoms with E-state index < -0.39 is 0 Å². The average molecular weight is 363 g/mol. The van der Waals surface area contributed by atoms with Crippen molar-refractivity contribution in [3.8, 4) is 0 Å². The van der Waals surface area contributed by atoms with Gasteiger partial charge in [0, 0.05) is 20.6 Å². The molecular formula is C18H29N5O3. The highest BCUT2D eigenvalue weighted by molar-refractivity contribution is 5.69. The molecule has 0 N–H and O–H groups in total. The molecule has 0 saturated carbocycles. The van der Waals surface area contributed by atoms with Gasteiger partial charge in [0.1, 0.15) is 0 Å². The van der Waals surface area contributed by atoms with Gasteiger partial charge in [0.2, 0.25) is 0 Å². The minimum absolute atomic E-state index is 0.257. The highest BCUT2D eigenvalue weighted by atomic mass is 16.3. The number of rotatable bonds is 12. The summed E-state index contributed by atoms with van der Waals surface area (Å²) in [5.74, 6) is 0. The molecule has 144 valence electrons. The fourth-order valence-electron chi connectivity index (χ4n) is 3.28. The van der Waals surface area contributed by atoms with Crippen molar-refractivity contribution in [2.24, 2.45) is 19.3 Å². The summed E-state index contributed by atoms with van der Waals surface area (Å²) >= 11 is 0. The van der Waals surface area contributed by atoms with Gasteiger partial charge < -0.3 is 4.57 Å². The zero-order valence-corrected chi connectivity index (χ0v) is 15.8. The average Bonchev–Trinajstić information content (AvgIpc) is 3.02. The quantitative estimate of drug-likeness (QED) is 0.428. The number of aryl methyl sites for hydroxylation is 2. The van der Waals surface area contributed by atoms with Crippen LogP contribution in [0.1, 0.15) is 57.8 Å². The summed E-state index contributed by atoms with van der Waals surface area (Å²) < 4.78 is 4.43. The van der Waals surface area contributed by atoms with E-state index in [-0.39, 0.29) is 11.2 Å². The number of fused-ring (bicyclic) bond motifs is 1. The Hall–Kier alpha value is -2.25. The van der Waals surface area contributed by atoms with Crippen molar-refractivity contribution in [1.82, 2.24) is 18.7 Å². The molecule has 0 fully saturated rings. The first-order chi connectivity index (χ1) is 12.6. The van der Waals surface area contributed by atoms with E-state index in [0.717, 1.165) is 38.5 Å². The van der Waals surface area contributed by atoms with Crippen LogP contribution in [0.4, 0.5) is 0 Å². The van der Waals surface area contributed by atoms with Gasteiger partial charge in [0.25, 0.3) is 5.56 Å². The molecule has 8 heteroatoms. The molecule has 0 aromatic carbocycles. The molecule has 0 aliphatic rings. The van der Waals surface area contributed by atoms with Crippen molar-refractivity contribution < 1.29 is 0 Å². The zero-order valence-electron chi connectivity index (χ0n) is 15.8. The molecular weight excluding hydrogens is 334 g/mol. The Kier molecular flexibility index (Phi) is 7.74. The van der Waals surface area contributed by atoms with Crippen LogP contribution in [0.5, 0.6) is 0 Å². The van der Waals surface area contributed by atoms with Gasteiger partial charge in [-0.25, -0.2) is 9.78 Å². The summed E-state index contributed by atoms with van der Waals surface area (Å²) in [6.45, 7) is 0.884. The third-order valence-corrected chi connectivity index (χ3v) is 4.83.